The van der Waals surface area contributed by atoms with Crippen LogP contribution in [0, 0.1) is 0 Å². The molecular formula is C13H16ClNO. The molecule has 2 N–H and O–H groups in total. The van der Waals surface area contributed by atoms with E-state index in [0.29, 0.717) is 5.02 Å². The molecule has 1 aromatic carbocycles. The van der Waals surface area contributed by atoms with Crippen molar-refractivity contribution in [2.24, 2.45) is 5.73 Å². The first-order chi connectivity index (χ1) is 7.61. The molecule has 2 saturated carbocycles. The first-order valence-electron chi connectivity index (χ1n) is 5.74. The van der Waals surface area contributed by atoms with Gasteiger partial charge in [-0.05, 0) is 43.4 Å². The number of hydrogen-bond acceptors (Lipinski definition) is 2. The van der Waals surface area contributed by atoms with Crippen molar-refractivity contribution in [2.75, 3.05) is 7.11 Å². The van der Waals surface area contributed by atoms with Crippen LogP contribution in [0.2, 0.25) is 5.02 Å². The zero-order chi connectivity index (χ0) is 11.4. The van der Waals surface area contributed by atoms with E-state index in [2.05, 4.69) is 12.1 Å². The fourth-order valence-corrected chi connectivity index (χ4v) is 2.96. The number of rotatable bonds is 3. The first kappa shape index (κ1) is 10.4. The minimum Gasteiger partial charge on any atom is -0.495 e. The van der Waals surface area contributed by atoms with Gasteiger partial charge in [-0.25, -0.2) is 0 Å². The van der Waals surface area contributed by atoms with Crippen LogP contribution >= 0.6 is 11.6 Å². The van der Waals surface area contributed by atoms with Gasteiger partial charge in [-0.1, -0.05) is 17.7 Å². The molecule has 1 aromatic rings. The van der Waals surface area contributed by atoms with Crippen molar-refractivity contribution in [1.82, 2.24) is 0 Å². The van der Waals surface area contributed by atoms with Crippen LogP contribution in [0.15, 0.2) is 18.2 Å². The second-order valence-electron chi connectivity index (χ2n) is 5.09. The molecule has 0 bridgehead atoms. The minimum absolute atomic E-state index is 0.0475. The zero-order valence-corrected chi connectivity index (χ0v) is 10.2. The summed E-state index contributed by atoms with van der Waals surface area (Å²) in [6, 6.07) is 6.08. The number of benzene rings is 1. The summed E-state index contributed by atoms with van der Waals surface area (Å²) in [7, 11) is 1.65. The van der Waals surface area contributed by atoms with Crippen molar-refractivity contribution in [3.8, 4) is 5.75 Å². The first-order valence-corrected chi connectivity index (χ1v) is 6.12. The molecule has 2 aliphatic carbocycles. The number of methoxy groups -OCH3 is 1. The van der Waals surface area contributed by atoms with Crippen LogP contribution in [-0.2, 0) is 5.41 Å². The Morgan fingerprint density at radius 2 is 1.94 bits per heavy atom. The highest BCUT2D eigenvalue weighted by atomic mass is 35.5. The highest BCUT2D eigenvalue weighted by Crippen LogP contribution is 2.63. The van der Waals surface area contributed by atoms with E-state index in [1.54, 1.807) is 7.11 Å². The lowest BCUT2D eigenvalue weighted by Crippen LogP contribution is -2.37. The van der Waals surface area contributed by atoms with E-state index < -0.39 is 0 Å². The fourth-order valence-electron chi connectivity index (χ4n) is 2.77. The molecule has 0 radical (unpaired) electrons. The molecule has 2 fully saturated rings. The highest BCUT2D eigenvalue weighted by molar-refractivity contribution is 6.32. The van der Waals surface area contributed by atoms with Crippen LogP contribution in [0.5, 0.6) is 5.75 Å². The van der Waals surface area contributed by atoms with Crippen molar-refractivity contribution in [1.29, 1.82) is 0 Å². The summed E-state index contributed by atoms with van der Waals surface area (Å²) < 4.78 is 5.27. The summed E-state index contributed by atoms with van der Waals surface area (Å²) in [5, 5.41) is 0.670. The summed E-state index contributed by atoms with van der Waals surface area (Å²) in [5.74, 6) is 0.759. The number of nitrogens with two attached hydrogens (primary N) is 1. The lowest BCUT2D eigenvalue weighted by molar-refractivity contribution is 0.412. The van der Waals surface area contributed by atoms with Gasteiger partial charge in [0.2, 0.25) is 0 Å². The van der Waals surface area contributed by atoms with Gasteiger partial charge < -0.3 is 10.5 Å². The Morgan fingerprint density at radius 3 is 2.44 bits per heavy atom. The van der Waals surface area contributed by atoms with Gasteiger partial charge in [0, 0.05) is 11.0 Å². The summed E-state index contributed by atoms with van der Waals surface area (Å²) in [5.41, 5.74) is 7.94. The second-order valence-corrected chi connectivity index (χ2v) is 5.49. The van der Waals surface area contributed by atoms with Gasteiger partial charge in [0.25, 0.3) is 0 Å². The molecule has 0 amide bonds. The Kier molecular flexibility index (Phi) is 2.05. The van der Waals surface area contributed by atoms with Gasteiger partial charge in [0.15, 0.2) is 0 Å². The topological polar surface area (TPSA) is 35.2 Å². The van der Waals surface area contributed by atoms with Crippen molar-refractivity contribution >= 4 is 11.6 Å². The van der Waals surface area contributed by atoms with E-state index in [4.69, 9.17) is 22.1 Å². The maximum absolute atomic E-state index is 6.37. The van der Waals surface area contributed by atoms with Crippen LogP contribution in [-0.4, -0.2) is 12.6 Å². The Labute approximate surface area is 101 Å². The summed E-state index contributed by atoms with van der Waals surface area (Å²) in [4.78, 5) is 0. The van der Waals surface area contributed by atoms with E-state index in [-0.39, 0.29) is 11.0 Å². The van der Waals surface area contributed by atoms with Crippen LogP contribution in [0.4, 0.5) is 0 Å². The average Bonchev–Trinajstić information content (AvgIpc) is 3.14. The number of ether oxygens (including phenoxy) is 1. The summed E-state index contributed by atoms with van der Waals surface area (Å²) >= 11 is 6.04. The molecule has 0 unspecified atom stereocenters. The molecule has 0 aromatic heterocycles. The third-order valence-electron chi connectivity index (χ3n) is 4.20. The third-order valence-corrected chi connectivity index (χ3v) is 4.51. The molecule has 0 aliphatic heterocycles. The van der Waals surface area contributed by atoms with Gasteiger partial charge in [0.05, 0.1) is 12.1 Å². The maximum Gasteiger partial charge on any atom is 0.137 e. The summed E-state index contributed by atoms with van der Waals surface area (Å²) in [6.07, 6.45) is 4.71. The Morgan fingerprint density at radius 1 is 1.25 bits per heavy atom. The second kappa shape index (κ2) is 3.14. The SMILES string of the molecule is COc1cc(C2(C3(N)CC3)CC2)ccc1Cl. The molecule has 0 heterocycles. The molecule has 3 rings (SSSR count). The minimum atomic E-state index is 0.0475. The van der Waals surface area contributed by atoms with E-state index in [1.807, 2.05) is 6.07 Å². The lowest BCUT2D eigenvalue weighted by atomic mass is 9.86. The molecule has 16 heavy (non-hydrogen) atoms. The molecule has 0 saturated heterocycles. The maximum atomic E-state index is 6.37. The molecule has 2 aliphatic rings. The van der Waals surface area contributed by atoms with Crippen molar-refractivity contribution in [3.63, 3.8) is 0 Å². The predicted molar refractivity (Wildman–Crippen MR) is 65.1 cm³/mol. The zero-order valence-electron chi connectivity index (χ0n) is 9.42. The monoisotopic (exact) mass is 237 g/mol. The molecule has 86 valence electrons. The fraction of sp³-hybridized carbons (Fsp3) is 0.538. The van der Waals surface area contributed by atoms with Gasteiger partial charge >= 0.3 is 0 Å². The Hall–Kier alpha value is -0.730. The summed E-state index contributed by atoms with van der Waals surface area (Å²) in [6.45, 7) is 0. The van der Waals surface area contributed by atoms with E-state index >= 15 is 0 Å². The smallest absolute Gasteiger partial charge is 0.137 e. The van der Waals surface area contributed by atoms with Crippen molar-refractivity contribution in [2.45, 2.75) is 36.6 Å². The normalized spacial score (nSPS) is 23.9. The Bertz CT molecular complexity index is 436. The van der Waals surface area contributed by atoms with Gasteiger partial charge in [0.1, 0.15) is 5.75 Å². The number of hydrogen-bond donors (Lipinski definition) is 1. The van der Waals surface area contributed by atoms with E-state index in [0.717, 1.165) is 18.6 Å². The molecule has 0 spiro atoms. The van der Waals surface area contributed by atoms with Crippen LogP contribution in [0.1, 0.15) is 31.2 Å². The van der Waals surface area contributed by atoms with Crippen LogP contribution < -0.4 is 10.5 Å². The van der Waals surface area contributed by atoms with Gasteiger partial charge in [-0.15, -0.1) is 0 Å². The quantitative estimate of drug-likeness (QED) is 0.878. The van der Waals surface area contributed by atoms with Crippen molar-refractivity contribution in [3.05, 3.63) is 28.8 Å². The Balaban J connectivity index is 2.01. The number of halogens is 1. The predicted octanol–water partition coefficient (Wildman–Crippen LogP) is 2.87. The van der Waals surface area contributed by atoms with Crippen molar-refractivity contribution < 1.29 is 4.74 Å². The van der Waals surface area contributed by atoms with Gasteiger partial charge in [-0.3, -0.25) is 0 Å². The molecule has 0 atom stereocenters. The lowest BCUT2D eigenvalue weighted by Gasteiger charge is -2.24. The average molecular weight is 238 g/mol. The molecule has 3 heteroatoms. The third kappa shape index (κ3) is 1.30. The highest BCUT2D eigenvalue weighted by Gasteiger charge is 2.64. The van der Waals surface area contributed by atoms with Crippen LogP contribution in [0.3, 0.4) is 0 Å². The standard InChI is InChI=1S/C13H16ClNO/c1-16-11-8-9(2-3-10(11)14)12(4-5-12)13(15)6-7-13/h2-3,8H,4-7,15H2,1H3. The molecule has 2 nitrogen and oxygen atoms in total. The molecular weight excluding hydrogens is 222 g/mol. The van der Waals surface area contributed by atoms with E-state index in [1.165, 1.54) is 18.4 Å². The van der Waals surface area contributed by atoms with E-state index in [9.17, 15) is 0 Å². The van der Waals surface area contributed by atoms with Gasteiger partial charge in [-0.2, -0.15) is 0 Å². The largest absolute Gasteiger partial charge is 0.495 e. The van der Waals surface area contributed by atoms with Crippen LogP contribution in [0.25, 0.3) is 0 Å².